The summed E-state index contributed by atoms with van der Waals surface area (Å²) in [5.41, 5.74) is 3.03. The molecule has 0 spiro atoms. The number of imidazole rings is 1. The molecule has 0 saturated heterocycles. The number of nitrogens with zero attached hydrogens (tertiary/aromatic N) is 2. The van der Waals surface area contributed by atoms with Gasteiger partial charge >= 0.3 is 0 Å². The van der Waals surface area contributed by atoms with E-state index in [2.05, 4.69) is 41.9 Å². The second-order valence-electron chi connectivity index (χ2n) is 6.44. The van der Waals surface area contributed by atoms with Crippen LogP contribution in [0.4, 0.5) is 0 Å². The quantitative estimate of drug-likeness (QED) is 0.673. The van der Waals surface area contributed by atoms with Gasteiger partial charge < -0.3 is 5.32 Å². The van der Waals surface area contributed by atoms with Crippen molar-refractivity contribution >= 4 is 28.7 Å². The van der Waals surface area contributed by atoms with Gasteiger partial charge in [0.05, 0.1) is 16.8 Å². The number of nitrogens with one attached hydrogen (secondary N) is 1. The molecule has 1 heterocycles. The lowest BCUT2D eigenvalue weighted by Crippen LogP contribution is -2.37. The topological polar surface area (TPSA) is 46.9 Å². The summed E-state index contributed by atoms with van der Waals surface area (Å²) in [6.45, 7) is 6.24. The zero-order valence-electron chi connectivity index (χ0n) is 14.8. The van der Waals surface area contributed by atoms with Crippen molar-refractivity contribution in [2.45, 2.75) is 32.0 Å². The van der Waals surface area contributed by atoms with Crippen molar-refractivity contribution < 1.29 is 4.79 Å². The van der Waals surface area contributed by atoms with E-state index in [1.54, 1.807) is 0 Å². The molecule has 130 valence electrons. The van der Waals surface area contributed by atoms with Crippen LogP contribution in [0.2, 0.25) is 0 Å². The van der Waals surface area contributed by atoms with E-state index in [-0.39, 0.29) is 11.9 Å². The van der Waals surface area contributed by atoms with Crippen molar-refractivity contribution in [2.75, 3.05) is 5.75 Å². The first-order valence-electron chi connectivity index (χ1n) is 8.51. The van der Waals surface area contributed by atoms with Crippen LogP contribution in [-0.4, -0.2) is 27.3 Å². The predicted molar refractivity (Wildman–Crippen MR) is 104 cm³/mol. The predicted octanol–water partition coefficient (Wildman–Crippen LogP) is 4.28. The molecular formula is C20H23N3OS. The number of carbonyl (C=O) groups excluding carboxylic acids is 1. The second kappa shape index (κ2) is 7.74. The first-order valence-corrected chi connectivity index (χ1v) is 9.50. The summed E-state index contributed by atoms with van der Waals surface area (Å²) in [4.78, 5) is 16.9. The van der Waals surface area contributed by atoms with Gasteiger partial charge in [-0.05, 0) is 37.1 Å². The molecule has 3 rings (SSSR count). The Balaban J connectivity index is 1.85. The Kier molecular flexibility index (Phi) is 5.43. The number of rotatable bonds is 6. The Labute approximate surface area is 152 Å². The Morgan fingerprint density at radius 1 is 1.08 bits per heavy atom. The van der Waals surface area contributed by atoms with Gasteiger partial charge in [-0.1, -0.05) is 55.9 Å². The molecule has 1 atom stereocenters. The summed E-state index contributed by atoms with van der Waals surface area (Å²) in [6.07, 6.45) is 0. The number of para-hydroxylation sites is 3. The number of fused-ring (bicyclic) bond motifs is 1. The average molecular weight is 353 g/mol. The molecule has 1 aromatic heterocycles. The third-order valence-electron chi connectivity index (χ3n) is 4.27. The first kappa shape index (κ1) is 17.5. The third kappa shape index (κ3) is 4.04. The van der Waals surface area contributed by atoms with Gasteiger partial charge in [-0.25, -0.2) is 4.98 Å². The molecule has 1 N–H and O–H groups in total. The largest absolute Gasteiger partial charge is 0.353 e. The van der Waals surface area contributed by atoms with Gasteiger partial charge in [-0.15, -0.1) is 0 Å². The molecule has 0 aliphatic rings. The molecule has 0 radical (unpaired) electrons. The van der Waals surface area contributed by atoms with E-state index in [0.29, 0.717) is 11.7 Å². The van der Waals surface area contributed by atoms with E-state index < -0.39 is 0 Å². The van der Waals surface area contributed by atoms with Crippen LogP contribution in [0.3, 0.4) is 0 Å². The Hall–Kier alpha value is -2.27. The molecule has 0 fully saturated rings. The van der Waals surface area contributed by atoms with Crippen molar-refractivity contribution in [2.24, 2.45) is 5.92 Å². The number of aromatic nitrogens is 2. The van der Waals surface area contributed by atoms with E-state index in [9.17, 15) is 4.79 Å². The van der Waals surface area contributed by atoms with E-state index in [1.807, 2.05) is 43.3 Å². The number of hydrogen-bond donors (Lipinski definition) is 1. The Morgan fingerprint density at radius 3 is 2.48 bits per heavy atom. The van der Waals surface area contributed by atoms with Crippen LogP contribution >= 0.6 is 11.8 Å². The van der Waals surface area contributed by atoms with E-state index in [0.717, 1.165) is 21.9 Å². The molecular weight excluding hydrogens is 330 g/mol. The van der Waals surface area contributed by atoms with Crippen LogP contribution in [0.1, 0.15) is 20.8 Å². The van der Waals surface area contributed by atoms with Gasteiger partial charge in [-0.2, -0.15) is 0 Å². The molecule has 3 aromatic rings. The lowest BCUT2D eigenvalue weighted by molar-refractivity contribution is -0.119. The van der Waals surface area contributed by atoms with Crippen LogP contribution in [0.15, 0.2) is 59.8 Å². The highest BCUT2D eigenvalue weighted by molar-refractivity contribution is 7.99. The fraction of sp³-hybridized carbons (Fsp3) is 0.300. The van der Waals surface area contributed by atoms with Crippen LogP contribution in [0, 0.1) is 5.92 Å². The molecule has 2 aromatic carbocycles. The summed E-state index contributed by atoms with van der Waals surface area (Å²) in [7, 11) is 0. The number of benzene rings is 2. The average Bonchev–Trinajstić information content (AvgIpc) is 2.99. The van der Waals surface area contributed by atoms with Crippen molar-refractivity contribution in [1.82, 2.24) is 14.9 Å². The monoisotopic (exact) mass is 353 g/mol. The summed E-state index contributed by atoms with van der Waals surface area (Å²) in [5, 5.41) is 3.88. The zero-order valence-corrected chi connectivity index (χ0v) is 15.6. The first-order chi connectivity index (χ1) is 12.1. The summed E-state index contributed by atoms with van der Waals surface area (Å²) in [6, 6.07) is 18.3. The normalized spacial score (nSPS) is 12.5. The van der Waals surface area contributed by atoms with Gasteiger partial charge in [-0.3, -0.25) is 9.36 Å². The van der Waals surface area contributed by atoms with E-state index in [4.69, 9.17) is 4.98 Å². The van der Waals surface area contributed by atoms with Crippen LogP contribution < -0.4 is 5.32 Å². The van der Waals surface area contributed by atoms with Crippen molar-refractivity contribution in [3.63, 3.8) is 0 Å². The van der Waals surface area contributed by atoms with Crippen LogP contribution in [0.25, 0.3) is 16.7 Å². The molecule has 0 aliphatic heterocycles. The van der Waals surface area contributed by atoms with Gasteiger partial charge in [0.15, 0.2) is 5.16 Å². The molecule has 0 aliphatic carbocycles. The highest BCUT2D eigenvalue weighted by Crippen LogP contribution is 2.27. The minimum absolute atomic E-state index is 0.0397. The molecule has 25 heavy (non-hydrogen) atoms. The molecule has 0 saturated carbocycles. The molecule has 5 heteroatoms. The maximum absolute atomic E-state index is 12.2. The van der Waals surface area contributed by atoms with Crippen LogP contribution in [0.5, 0.6) is 0 Å². The van der Waals surface area contributed by atoms with Crippen molar-refractivity contribution in [3.8, 4) is 5.69 Å². The SMILES string of the molecule is CC(C)C(C)NC(=O)CSc1nc2ccccc2n1-c1ccccc1. The van der Waals surface area contributed by atoms with Gasteiger partial charge in [0.25, 0.3) is 0 Å². The smallest absolute Gasteiger partial charge is 0.230 e. The van der Waals surface area contributed by atoms with E-state index in [1.165, 1.54) is 11.8 Å². The highest BCUT2D eigenvalue weighted by atomic mass is 32.2. The maximum Gasteiger partial charge on any atom is 0.230 e. The number of carbonyl (C=O) groups is 1. The molecule has 0 bridgehead atoms. The minimum Gasteiger partial charge on any atom is -0.353 e. The summed E-state index contributed by atoms with van der Waals surface area (Å²) >= 11 is 1.47. The standard InChI is InChI=1S/C20H23N3OS/c1-14(2)15(3)21-19(24)13-25-20-22-17-11-7-8-12-18(17)23(20)16-9-5-4-6-10-16/h4-12,14-15H,13H2,1-3H3,(H,21,24). The second-order valence-corrected chi connectivity index (χ2v) is 7.39. The fourth-order valence-corrected chi connectivity index (χ4v) is 3.36. The molecule has 4 nitrogen and oxygen atoms in total. The zero-order chi connectivity index (χ0) is 17.8. The number of amides is 1. The van der Waals surface area contributed by atoms with E-state index >= 15 is 0 Å². The van der Waals surface area contributed by atoms with Crippen molar-refractivity contribution in [3.05, 3.63) is 54.6 Å². The number of thioether (sulfide) groups is 1. The van der Waals surface area contributed by atoms with Gasteiger partial charge in [0, 0.05) is 11.7 Å². The van der Waals surface area contributed by atoms with Crippen molar-refractivity contribution in [1.29, 1.82) is 0 Å². The maximum atomic E-state index is 12.2. The van der Waals surface area contributed by atoms with Gasteiger partial charge in [0.2, 0.25) is 5.91 Å². The Bertz CT molecular complexity index is 858. The summed E-state index contributed by atoms with van der Waals surface area (Å²) in [5.74, 6) is 0.813. The fourth-order valence-electron chi connectivity index (χ4n) is 2.52. The van der Waals surface area contributed by atoms with Gasteiger partial charge in [0.1, 0.15) is 0 Å². The summed E-state index contributed by atoms with van der Waals surface area (Å²) < 4.78 is 2.11. The molecule has 1 amide bonds. The third-order valence-corrected chi connectivity index (χ3v) is 5.20. The Morgan fingerprint density at radius 2 is 1.76 bits per heavy atom. The highest BCUT2D eigenvalue weighted by Gasteiger charge is 2.15. The number of hydrogen-bond acceptors (Lipinski definition) is 3. The lowest BCUT2D eigenvalue weighted by Gasteiger charge is -2.17. The molecule has 1 unspecified atom stereocenters. The minimum atomic E-state index is 0.0397. The van der Waals surface area contributed by atoms with Crippen LogP contribution in [-0.2, 0) is 4.79 Å². The lowest BCUT2D eigenvalue weighted by atomic mass is 10.1.